The summed E-state index contributed by atoms with van der Waals surface area (Å²) in [5.41, 5.74) is 0. The van der Waals surface area contributed by atoms with Crippen LogP contribution in [0.2, 0.25) is 0 Å². The molecule has 0 N–H and O–H groups in total. The average molecular weight is 148 g/mol. The summed E-state index contributed by atoms with van der Waals surface area (Å²) in [5.74, 6) is 0. The number of hydrogen-bond donors (Lipinski definition) is 0. The predicted molar refractivity (Wildman–Crippen MR) is 27.4 cm³/mol. The van der Waals surface area contributed by atoms with Gasteiger partial charge in [-0.05, 0) is 0 Å². The van der Waals surface area contributed by atoms with Gasteiger partial charge in [0.2, 0.25) is 9.84 Å². The first-order valence-electron chi connectivity index (χ1n) is 2.07. The second-order valence-corrected chi connectivity index (χ2v) is 3.37. The Bertz CT molecular complexity index is 274. The van der Waals surface area contributed by atoms with E-state index >= 15 is 0 Å². The van der Waals surface area contributed by atoms with Gasteiger partial charge < -0.3 is 4.52 Å². The zero-order valence-corrected chi connectivity index (χ0v) is 5.42. The number of aromatic nitrogens is 2. The Morgan fingerprint density at radius 1 is 1.67 bits per heavy atom. The van der Waals surface area contributed by atoms with Crippen LogP contribution in [-0.2, 0) is 9.84 Å². The molecule has 0 aromatic carbocycles. The van der Waals surface area contributed by atoms with Crippen molar-refractivity contribution in [3.8, 4) is 0 Å². The van der Waals surface area contributed by atoms with E-state index < -0.39 is 9.84 Å². The van der Waals surface area contributed by atoms with Crippen LogP contribution in [0, 0.1) is 0 Å². The lowest BCUT2D eigenvalue weighted by atomic mass is 11.3. The highest BCUT2D eigenvalue weighted by Crippen LogP contribution is 1.99. The largest absolute Gasteiger partial charge is 0.342 e. The maximum atomic E-state index is 10.5. The highest BCUT2D eigenvalue weighted by Gasteiger charge is 2.11. The molecule has 1 aromatic heterocycles. The van der Waals surface area contributed by atoms with Crippen molar-refractivity contribution in [2.45, 2.75) is 5.22 Å². The van der Waals surface area contributed by atoms with Gasteiger partial charge in [-0.1, -0.05) is 5.16 Å². The third-order valence-corrected chi connectivity index (χ3v) is 1.47. The molecular weight excluding hydrogens is 144 g/mol. The highest BCUT2D eigenvalue weighted by atomic mass is 32.2. The van der Waals surface area contributed by atoms with Crippen LogP contribution < -0.4 is 0 Å². The molecule has 5 nitrogen and oxygen atoms in total. The molecule has 1 rings (SSSR count). The van der Waals surface area contributed by atoms with Crippen molar-refractivity contribution in [1.82, 2.24) is 10.1 Å². The maximum Gasteiger partial charge on any atom is 0.342 e. The van der Waals surface area contributed by atoms with Crippen LogP contribution in [0.25, 0.3) is 0 Å². The summed E-state index contributed by atoms with van der Waals surface area (Å²) in [7, 11) is -3.30. The summed E-state index contributed by atoms with van der Waals surface area (Å²) in [5, 5.41) is 2.78. The number of sulfone groups is 1. The van der Waals surface area contributed by atoms with Gasteiger partial charge in [0.05, 0.1) is 0 Å². The van der Waals surface area contributed by atoms with Gasteiger partial charge in [-0.25, -0.2) is 8.42 Å². The van der Waals surface area contributed by atoms with Crippen LogP contribution in [0.1, 0.15) is 0 Å². The molecule has 0 amide bonds. The molecular formula is C3H4N2O3S. The smallest absolute Gasteiger partial charge is 0.322 e. The van der Waals surface area contributed by atoms with Gasteiger partial charge in [-0.2, -0.15) is 4.98 Å². The average Bonchev–Trinajstić information content (AvgIpc) is 2.08. The normalized spacial score (nSPS) is 11.7. The first-order valence-corrected chi connectivity index (χ1v) is 3.96. The van der Waals surface area contributed by atoms with Crippen LogP contribution in [-0.4, -0.2) is 24.8 Å². The van der Waals surface area contributed by atoms with Crippen molar-refractivity contribution in [3.05, 3.63) is 6.33 Å². The minimum absolute atomic E-state index is 0.345. The minimum Gasteiger partial charge on any atom is -0.322 e. The molecule has 0 atom stereocenters. The van der Waals surface area contributed by atoms with Crippen molar-refractivity contribution in [3.63, 3.8) is 0 Å². The second-order valence-electron chi connectivity index (χ2n) is 1.48. The zero-order valence-electron chi connectivity index (χ0n) is 4.60. The van der Waals surface area contributed by atoms with Crippen molar-refractivity contribution < 1.29 is 12.9 Å². The summed E-state index contributed by atoms with van der Waals surface area (Å²) in [6, 6.07) is 0. The topological polar surface area (TPSA) is 73.1 Å². The molecule has 0 unspecified atom stereocenters. The van der Waals surface area contributed by atoms with Gasteiger partial charge in [0.15, 0.2) is 6.33 Å². The van der Waals surface area contributed by atoms with E-state index in [1.54, 1.807) is 0 Å². The van der Waals surface area contributed by atoms with Crippen LogP contribution in [0.4, 0.5) is 0 Å². The zero-order chi connectivity index (χ0) is 6.91. The van der Waals surface area contributed by atoms with Gasteiger partial charge in [0.25, 0.3) is 0 Å². The summed E-state index contributed by atoms with van der Waals surface area (Å²) >= 11 is 0. The molecule has 0 saturated heterocycles. The summed E-state index contributed by atoms with van der Waals surface area (Å²) < 4.78 is 25.2. The van der Waals surface area contributed by atoms with E-state index in [1.165, 1.54) is 0 Å². The standard InChI is InChI=1S/C3H4N2O3S/c1-9(6,7)3-4-2-5-8-3/h2H,1H3. The Morgan fingerprint density at radius 2 is 2.33 bits per heavy atom. The van der Waals surface area contributed by atoms with Gasteiger partial charge in [0.1, 0.15) is 0 Å². The third kappa shape index (κ3) is 1.26. The SMILES string of the molecule is CS(=O)(=O)c1ncno1. The van der Waals surface area contributed by atoms with Gasteiger partial charge >= 0.3 is 5.22 Å². The first-order chi connectivity index (χ1) is 4.11. The van der Waals surface area contributed by atoms with E-state index in [2.05, 4.69) is 14.7 Å². The van der Waals surface area contributed by atoms with E-state index in [9.17, 15) is 8.42 Å². The quantitative estimate of drug-likeness (QED) is 0.535. The molecule has 0 fully saturated rings. The third-order valence-electron chi connectivity index (χ3n) is 0.658. The number of hydrogen-bond acceptors (Lipinski definition) is 5. The molecule has 0 aliphatic heterocycles. The fourth-order valence-electron chi connectivity index (χ4n) is 0.326. The minimum atomic E-state index is -3.30. The predicted octanol–water partition coefficient (Wildman–Crippen LogP) is -0.527. The fourth-order valence-corrected chi connectivity index (χ4v) is 0.743. The van der Waals surface area contributed by atoms with Crippen LogP contribution >= 0.6 is 0 Å². The van der Waals surface area contributed by atoms with Crippen LogP contribution in [0.3, 0.4) is 0 Å². The molecule has 0 aliphatic carbocycles. The van der Waals surface area contributed by atoms with Gasteiger partial charge in [0, 0.05) is 6.26 Å². The van der Waals surface area contributed by atoms with Gasteiger partial charge in [-0.15, -0.1) is 0 Å². The second kappa shape index (κ2) is 1.80. The molecule has 0 bridgehead atoms. The summed E-state index contributed by atoms with van der Waals surface area (Å²) in [4.78, 5) is 3.32. The fraction of sp³-hybridized carbons (Fsp3) is 0.333. The van der Waals surface area contributed by atoms with E-state index in [0.717, 1.165) is 12.6 Å². The van der Waals surface area contributed by atoms with E-state index in [1.807, 2.05) is 0 Å². The Kier molecular flexibility index (Phi) is 1.24. The molecule has 9 heavy (non-hydrogen) atoms. The lowest BCUT2D eigenvalue weighted by Gasteiger charge is -1.81. The van der Waals surface area contributed by atoms with Crippen molar-refractivity contribution in [2.75, 3.05) is 6.26 Å². The van der Waals surface area contributed by atoms with Gasteiger partial charge in [-0.3, -0.25) is 0 Å². The van der Waals surface area contributed by atoms with Crippen molar-refractivity contribution in [1.29, 1.82) is 0 Å². The summed E-state index contributed by atoms with van der Waals surface area (Å²) in [6.45, 7) is 0. The van der Waals surface area contributed by atoms with Crippen molar-refractivity contribution >= 4 is 9.84 Å². The van der Waals surface area contributed by atoms with E-state index in [0.29, 0.717) is 0 Å². The summed E-state index contributed by atoms with van der Waals surface area (Å²) in [6.07, 6.45) is 2.04. The molecule has 0 saturated carbocycles. The van der Waals surface area contributed by atoms with Crippen LogP contribution in [0.5, 0.6) is 0 Å². The lowest BCUT2D eigenvalue weighted by molar-refractivity contribution is 0.330. The first kappa shape index (κ1) is 6.21. The molecule has 0 radical (unpaired) electrons. The lowest BCUT2D eigenvalue weighted by Crippen LogP contribution is -1.95. The van der Waals surface area contributed by atoms with Crippen LogP contribution in [0.15, 0.2) is 16.1 Å². The van der Waals surface area contributed by atoms with Crippen molar-refractivity contribution in [2.24, 2.45) is 0 Å². The molecule has 1 heterocycles. The number of nitrogens with zero attached hydrogens (tertiary/aromatic N) is 2. The molecule has 1 aromatic rings. The molecule has 0 aliphatic rings. The molecule has 0 spiro atoms. The number of rotatable bonds is 1. The van der Waals surface area contributed by atoms with E-state index in [4.69, 9.17) is 0 Å². The Labute approximate surface area is 51.6 Å². The monoisotopic (exact) mass is 148 g/mol. The molecule has 50 valence electrons. The Balaban J connectivity index is 3.20. The van der Waals surface area contributed by atoms with E-state index in [-0.39, 0.29) is 5.22 Å². The maximum absolute atomic E-state index is 10.5. The Morgan fingerprint density at radius 3 is 2.56 bits per heavy atom. The molecule has 6 heteroatoms. The highest BCUT2D eigenvalue weighted by molar-refractivity contribution is 7.90. The Hall–Kier alpha value is -0.910.